The number of carbonyl (C=O) groups excluding carboxylic acids is 1. The predicted molar refractivity (Wildman–Crippen MR) is 32.3 cm³/mol. The second-order valence-corrected chi connectivity index (χ2v) is 2.72. The molecular weight excluding hydrogens is 134 g/mol. The van der Waals surface area contributed by atoms with Crippen LogP contribution in [0.2, 0.25) is 0 Å². The molecule has 5 heteroatoms. The normalized spacial score (nSPS) is 35.6. The van der Waals surface area contributed by atoms with Gasteiger partial charge in [0.05, 0.1) is 13.0 Å². The zero-order chi connectivity index (χ0) is 7.35. The summed E-state index contributed by atoms with van der Waals surface area (Å²) < 4.78 is 5.09. The van der Waals surface area contributed by atoms with Crippen molar-refractivity contribution >= 4 is 5.91 Å². The molecule has 2 rings (SSSR count). The van der Waals surface area contributed by atoms with Crippen molar-refractivity contribution in [3.63, 3.8) is 0 Å². The Morgan fingerprint density at radius 2 is 2.40 bits per heavy atom. The molecule has 10 heavy (non-hydrogen) atoms. The van der Waals surface area contributed by atoms with Crippen molar-refractivity contribution in [2.45, 2.75) is 18.4 Å². The van der Waals surface area contributed by atoms with E-state index in [-0.39, 0.29) is 18.7 Å². The van der Waals surface area contributed by atoms with Gasteiger partial charge in [0.15, 0.2) is 5.79 Å². The zero-order valence-corrected chi connectivity index (χ0v) is 5.41. The van der Waals surface area contributed by atoms with Crippen molar-refractivity contribution in [2.24, 2.45) is 11.5 Å². The predicted octanol–water partition coefficient (Wildman–Crippen LogP) is -1.85. The molecule has 1 unspecified atom stereocenters. The number of rotatable bonds is 0. The van der Waals surface area contributed by atoms with Crippen molar-refractivity contribution < 1.29 is 9.53 Å². The molecule has 0 aliphatic carbocycles. The van der Waals surface area contributed by atoms with Crippen LogP contribution >= 0.6 is 0 Å². The Morgan fingerprint density at radius 1 is 1.70 bits per heavy atom. The third kappa shape index (κ3) is 0.544. The zero-order valence-electron chi connectivity index (χ0n) is 5.41. The lowest BCUT2D eigenvalue weighted by Crippen LogP contribution is -2.69. The van der Waals surface area contributed by atoms with Crippen LogP contribution in [0, 0.1) is 0 Å². The van der Waals surface area contributed by atoms with Gasteiger partial charge in [-0.25, -0.2) is 0 Å². The van der Waals surface area contributed by atoms with Gasteiger partial charge in [0, 0.05) is 0 Å². The van der Waals surface area contributed by atoms with E-state index in [0.717, 1.165) is 0 Å². The standard InChI is InChI=1S/C5H9N3O2/c6-5(7)2-10-4-1-3(9)8(4)5/h4H,1-2,6-7H2. The molecule has 0 aromatic rings. The van der Waals surface area contributed by atoms with E-state index in [9.17, 15) is 4.79 Å². The van der Waals surface area contributed by atoms with Crippen LogP contribution < -0.4 is 11.5 Å². The highest BCUT2D eigenvalue weighted by Crippen LogP contribution is 2.30. The van der Waals surface area contributed by atoms with E-state index in [4.69, 9.17) is 16.2 Å². The average Bonchev–Trinajstić information content (AvgIpc) is 1.99. The molecule has 2 aliphatic heterocycles. The van der Waals surface area contributed by atoms with Crippen LogP contribution in [-0.4, -0.2) is 29.4 Å². The summed E-state index contributed by atoms with van der Waals surface area (Å²) in [4.78, 5) is 12.2. The molecule has 2 heterocycles. The first-order valence-corrected chi connectivity index (χ1v) is 3.13. The molecule has 0 aromatic carbocycles. The Bertz CT molecular complexity index is 191. The fourth-order valence-corrected chi connectivity index (χ4v) is 1.32. The number of amides is 1. The molecule has 2 aliphatic rings. The fourth-order valence-electron chi connectivity index (χ4n) is 1.32. The topological polar surface area (TPSA) is 81.6 Å². The van der Waals surface area contributed by atoms with Crippen molar-refractivity contribution in [1.29, 1.82) is 0 Å². The molecular formula is C5H9N3O2. The molecule has 0 saturated carbocycles. The third-order valence-corrected chi connectivity index (χ3v) is 1.86. The Balaban J connectivity index is 2.22. The number of nitrogens with zero attached hydrogens (tertiary/aromatic N) is 1. The smallest absolute Gasteiger partial charge is 0.231 e. The molecule has 0 bridgehead atoms. The van der Waals surface area contributed by atoms with Crippen LogP contribution in [0.15, 0.2) is 0 Å². The molecule has 0 spiro atoms. The third-order valence-electron chi connectivity index (χ3n) is 1.86. The maximum Gasteiger partial charge on any atom is 0.231 e. The quantitative estimate of drug-likeness (QED) is 0.308. The van der Waals surface area contributed by atoms with Crippen LogP contribution in [0.1, 0.15) is 6.42 Å². The molecule has 0 radical (unpaired) electrons. The number of fused-ring (bicyclic) bond motifs is 1. The van der Waals surface area contributed by atoms with Gasteiger partial charge in [0.25, 0.3) is 0 Å². The summed E-state index contributed by atoms with van der Waals surface area (Å²) >= 11 is 0. The minimum absolute atomic E-state index is 0.0208. The van der Waals surface area contributed by atoms with Crippen LogP contribution in [0.5, 0.6) is 0 Å². The van der Waals surface area contributed by atoms with Gasteiger partial charge in [-0.1, -0.05) is 0 Å². The molecule has 1 atom stereocenters. The summed E-state index contributed by atoms with van der Waals surface area (Å²) in [5.41, 5.74) is 11.0. The highest BCUT2D eigenvalue weighted by atomic mass is 16.5. The second-order valence-electron chi connectivity index (χ2n) is 2.72. The first-order chi connectivity index (χ1) is 4.61. The first kappa shape index (κ1) is 6.09. The molecule has 4 N–H and O–H groups in total. The Labute approximate surface area is 57.9 Å². The maximum atomic E-state index is 10.8. The lowest BCUT2D eigenvalue weighted by molar-refractivity contribution is -0.160. The second kappa shape index (κ2) is 1.50. The van der Waals surface area contributed by atoms with E-state index >= 15 is 0 Å². The molecule has 1 amide bonds. The van der Waals surface area contributed by atoms with E-state index in [1.165, 1.54) is 4.90 Å². The maximum absolute atomic E-state index is 10.8. The number of β-lactam (4-membered cyclic amide) rings is 1. The molecule has 5 nitrogen and oxygen atoms in total. The Morgan fingerprint density at radius 3 is 2.80 bits per heavy atom. The largest absolute Gasteiger partial charge is 0.352 e. The number of nitrogens with two attached hydrogens (primary N) is 2. The minimum Gasteiger partial charge on any atom is -0.352 e. The van der Waals surface area contributed by atoms with Crippen molar-refractivity contribution in [1.82, 2.24) is 4.90 Å². The molecule has 56 valence electrons. The van der Waals surface area contributed by atoms with Crippen LogP contribution in [0.25, 0.3) is 0 Å². The van der Waals surface area contributed by atoms with E-state index in [2.05, 4.69) is 0 Å². The van der Waals surface area contributed by atoms with Gasteiger partial charge in [0.1, 0.15) is 6.23 Å². The van der Waals surface area contributed by atoms with E-state index in [0.29, 0.717) is 6.42 Å². The van der Waals surface area contributed by atoms with E-state index in [1.807, 2.05) is 0 Å². The SMILES string of the molecule is NC1(N)COC2CC(=O)N21. The van der Waals surface area contributed by atoms with Crippen molar-refractivity contribution in [2.75, 3.05) is 6.61 Å². The number of hydrogen-bond acceptors (Lipinski definition) is 4. The van der Waals surface area contributed by atoms with Crippen molar-refractivity contribution in [3.05, 3.63) is 0 Å². The van der Waals surface area contributed by atoms with Gasteiger partial charge in [0.2, 0.25) is 5.91 Å². The monoisotopic (exact) mass is 143 g/mol. The van der Waals surface area contributed by atoms with Gasteiger partial charge < -0.3 is 4.74 Å². The summed E-state index contributed by atoms with van der Waals surface area (Å²) in [6.07, 6.45) is 0.276. The van der Waals surface area contributed by atoms with E-state index < -0.39 is 5.79 Å². The van der Waals surface area contributed by atoms with Crippen LogP contribution in [-0.2, 0) is 9.53 Å². The summed E-state index contributed by atoms with van der Waals surface area (Å²) in [7, 11) is 0. The molecule has 2 saturated heterocycles. The van der Waals surface area contributed by atoms with Gasteiger partial charge in [-0.05, 0) is 0 Å². The number of hydrogen-bond donors (Lipinski definition) is 2. The van der Waals surface area contributed by atoms with Gasteiger partial charge in [-0.3, -0.25) is 21.2 Å². The minimum atomic E-state index is -1.06. The van der Waals surface area contributed by atoms with Crippen molar-refractivity contribution in [3.8, 4) is 0 Å². The summed E-state index contributed by atoms with van der Waals surface area (Å²) in [6.45, 7) is 0.239. The van der Waals surface area contributed by atoms with E-state index in [1.54, 1.807) is 0 Å². The highest BCUT2D eigenvalue weighted by Gasteiger charge is 2.52. The lowest BCUT2D eigenvalue weighted by atomic mass is 10.1. The van der Waals surface area contributed by atoms with Crippen LogP contribution in [0.4, 0.5) is 0 Å². The van der Waals surface area contributed by atoms with Crippen LogP contribution in [0.3, 0.4) is 0 Å². The summed E-state index contributed by atoms with van der Waals surface area (Å²) in [5.74, 6) is -1.08. The summed E-state index contributed by atoms with van der Waals surface area (Å²) in [6, 6.07) is 0. The number of ether oxygens (including phenoxy) is 1. The number of carbonyl (C=O) groups is 1. The van der Waals surface area contributed by atoms with Gasteiger partial charge in [-0.15, -0.1) is 0 Å². The Hall–Kier alpha value is -0.650. The fraction of sp³-hybridized carbons (Fsp3) is 0.800. The average molecular weight is 143 g/mol. The highest BCUT2D eigenvalue weighted by molar-refractivity contribution is 5.83. The van der Waals surface area contributed by atoms with Gasteiger partial charge >= 0.3 is 0 Å². The Kier molecular flexibility index (Phi) is 0.912. The lowest BCUT2D eigenvalue weighted by Gasteiger charge is -2.39. The molecule has 0 aromatic heterocycles. The van der Waals surface area contributed by atoms with Gasteiger partial charge in [-0.2, -0.15) is 0 Å². The summed E-state index contributed by atoms with van der Waals surface area (Å²) in [5, 5.41) is 0. The first-order valence-electron chi connectivity index (χ1n) is 3.13. The molecule has 2 fully saturated rings.